The van der Waals surface area contributed by atoms with Gasteiger partial charge in [-0.2, -0.15) is 18.2 Å². The van der Waals surface area contributed by atoms with Crippen molar-refractivity contribution in [3.63, 3.8) is 0 Å². The SMILES string of the molecule is CCO[C@H]1C[C@@H](Nc2nc(OC)c3c(-c4ccc5nnn(CC(F)(F)F)c5c4)ccn3n2)C1. The molecular weight excluding hydrogens is 439 g/mol. The first-order valence-corrected chi connectivity index (χ1v) is 10.6. The van der Waals surface area contributed by atoms with E-state index in [1.807, 2.05) is 13.0 Å². The molecule has 0 amide bonds. The van der Waals surface area contributed by atoms with Crippen molar-refractivity contribution in [1.29, 1.82) is 0 Å². The maximum Gasteiger partial charge on any atom is 0.408 e. The lowest BCUT2D eigenvalue weighted by Crippen LogP contribution is -2.41. The molecule has 0 radical (unpaired) electrons. The lowest BCUT2D eigenvalue weighted by Gasteiger charge is -2.35. The maximum atomic E-state index is 12.9. The molecule has 3 aromatic heterocycles. The van der Waals surface area contributed by atoms with Crippen LogP contribution in [0.25, 0.3) is 27.7 Å². The summed E-state index contributed by atoms with van der Waals surface area (Å²) < 4.78 is 52.3. The van der Waals surface area contributed by atoms with Crippen LogP contribution in [0.5, 0.6) is 5.88 Å². The van der Waals surface area contributed by atoms with Crippen LogP contribution in [0.4, 0.5) is 19.1 Å². The first-order valence-electron chi connectivity index (χ1n) is 10.6. The number of rotatable bonds is 7. The van der Waals surface area contributed by atoms with Gasteiger partial charge in [0, 0.05) is 24.4 Å². The van der Waals surface area contributed by atoms with Gasteiger partial charge in [0.15, 0.2) is 0 Å². The maximum absolute atomic E-state index is 12.9. The number of anilines is 1. The predicted octanol–water partition coefficient (Wildman–Crippen LogP) is 3.69. The number of ether oxygens (including phenoxy) is 2. The Morgan fingerprint density at radius 2 is 2.03 bits per heavy atom. The third-order valence-corrected chi connectivity index (χ3v) is 5.66. The molecule has 1 aliphatic carbocycles. The van der Waals surface area contributed by atoms with Gasteiger partial charge in [-0.3, -0.25) is 0 Å². The van der Waals surface area contributed by atoms with Crippen LogP contribution in [-0.4, -0.2) is 61.6 Å². The van der Waals surface area contributed by atoms with Crippen LogP contribution in [-0.2, 0) is 11.3 Å². The van der Waals surface area contributed by atoms with E-state index >= 15 is 0 Å². The van der Waals surface area contributed by atoms with Crippen molar-refractivity contribution < 1.29 is 22.6 Å². The molecule has 0 saturated heterocycles. The normalized spacial score (nSPS) is 18.6. The summed E-state index contributed by atoms with van der Waals surface area (Å²) in [5, 5.41) is 15.3. The van der Waals surface area contributed by atoms with E-state index < -0.39 is 12.7 Å². The fourth-order valence-electron chi connectivity index (χ4n) is 4.09. The van der Waals surface area contributed by atoms with Crippen LogP contribution in [0.3, 0.4) is 0 Å². The molecule has 1 N–H and O–H groups in total. The highest BCUT2D eigenvalue weighted by Crippen LogP contribution is 2.34. The van der Waals surface area contributed by atoms with Crippen LogP contribution in [0.15, 0.2) is 30.5 Å². The number of nitrogens with one attached hydrogen (secondary N) is 1. The molecule has 9 nitrogen and oxygen atoms in total. The van der Waals surface area contributed by atoms with Gasteiger partial charge in [0.05, 0.1) is 18.7 Å². The molecule has 0 unspecified atom stereocenters. The van der Waals surface area contributed by atoms with E-state index in [1.54, 1.807) is 28.9 Å². The molecule has 174 valence electrons. The van der Waals surface area contributed by atoms with Gasteiger partial charge in [0.25, 0.3) is 0 Å². The second-order valence-corrected chi connectivity index (χ2v) is 7.92. The van der Waals surface area contributed by atoms with Gasteiger partial charge in [-0.05, 0) is 43.5 Å². The Labute approximate surface area is 186 Å². The summed E-state index contributed by atoms with van der Waals surface area (Å²) in [5.41, 5.74) is 2.68. The van der Waals surface area contributed by atoms with Gasteiger partial charge in [-0.15, -0.1) is 10.2 Å². The third-order valence-electron chi connectivity index (χ3n) is 5.66. The lowest BCUT2D eigenvalue weighted by atomic mass is 9.89. The molecule has 5 rings (SSSR count). The van der Waals surface area contributed by atoms with E-state index in [2.05, 4.69) is 25.7 Å². The topological polar surface area (TPSA) is 91.4 Å². The molecule has 1 aromatic carbocycles. The van der Waals surface area contributed by atoms with Gasteiger partial charge in [0.1, 0.15) is 17.6 Å². The second kappa shape index (κ2) is 8.18. The van der Waals surface area contributed by atoms with Crippen molar-refractivity contribution in [2.45, 2.75) is 44.6 Å². The first kappa shape index (κ1) is 21.4. The molecule has 1 aliphatic rings. The average Bonchev–Trinajstić information content (AvgIpc) is 3.34. The Morgan fingerprint density at radius 3 is 2.76 bits per heavy atom. The zero-order valence-corrected chi connectivity index (χ0v) is 18.0. The molecule has 1 saturated carbocycles. The van der Waals surface area contributed by atoms with Crippen molar-refractivity contribution in [2.75, 3.05) is 19.0 Å². The van der Waals surface area contributed by atoms with Gasteiger partial charge in [0.2, 0.25) is 11.8 Å². The second-order valence-electron chi connectivity index (χ2n) is 7.92. The van der Waals surface area contributed by atoms with E-state index in [-0.39, 0.29) is 17.7 Å². The number of hydrogen-bond acceptors (Lipinski definition) is 7. The third kappa shape index (κ3) is 4.17. The average molecular weight is 461 g/mol. The Bertz CT molecular complexity index is 1290. The highest BCUT2D eigenvalue weighted by atomic mass is 19.4. The van der Waals surface area contributed by atoms with Crippen molar-refractivity contribution in [2.24, 2.45) is 0 Å². The minimum Gasteiger partial charge on any atom is -0.479 e. The largest absolute Gasteiger partial charge is 0.479 e. The number of benzene rings is 1. The number of fused-ring (bicyclic) bond motifs is 2. The molecule has 0 atom stereocenters. The van der Waals surface area contributed by atoms with E-state index in [1.165, 1.54) is 7.11 Å². The number of methoxy groups -OCH3 is 1. The van der Waals surface area contributed by atoms with Crippen LogP contribution in [0.1, 0.15) is 19.8 Å². The zero-order valence-electron chi connectivity index (χ0n) is 18.0. The number of alkyl halides is 3. The molecule has 1 fully saturated rings. The Morgan fingerprint density at radius 1 is 1.21 bits per heavy atom. The number of aromatic nitrogens is 6. The smallest absolute Gasteiger partial charge is 0.408 e. The molecule has 0 spiro atoms. The van der Waals surface area contributed by atoms with Crippen molar-refractivity contribution in [3.8, 4) is 17.0 Å². The van der Waals surface area contributed by atoms with Crippen LogP contribution in [0, 0.1) is 0 Å². The fourth-order valence-corrected chi connectivity index (χ4v) is 4.09. The summed E-state index contributed by atoms with van der Waals surface area (Å²) in [6.07, 6.45) is -0.614. The standard InChI is InChI=1S/C21H22F3N7O2/c1-3-33-14-9-13(10-14)25-20-26-19(32-2)18-15(6-7-30(18)28-20)12-4-5-16-17(8-12)31(29-27-16)11-21(22,23)24/h4-8,13-14H,3,9-11H2,1-2H3,(H,25,28)/t13-,14+. The van der Waals surface area contributed by atoms with E-state index in [4.69, 9.17) is 9.47 Å². The number of halogens is 3. The summed E-state index contributed by atoms with van der Waals surface area (Å²) in [5.74, 6) is 0.791. The quantitative estimate of drug-likeness (QED) is 0.449. The lowest BCUT2D eigenvalue weighted by molar-refractivity contribution is -0.142. The van der Waals surface area contributed by atoms with Crippen LogP contribution >= 0.6 is 0 Å². The van der Waals surface area contributed by atoms with E-state index in [0.29, 0.717) is 35.0 Å². The molecule has 0 aliphatic heterocycles. The summed E-state index contributed by atoms with van der Waals surface area (Å²) >= 11 is 0. The first-order chi connectivity index (χ1) is 15.8. The van der Waals surface area contributed by atoms with Crippen LogP contribution in [0.2, 0.25) is 0 Å². The fraction of sp³-hybridized carbons (Fsp3) is 0.429. The monoisotopic (exact) mass is 461 g/mol. The molecule has 12 heteroatoms. The molecular formula is C21H22F3N7O2. The summed E-state index contributed by atoms with van der Waals surface area (Å²) in [6, 6.07) is 7.09. The number of nitrogens with zero attached hydrogens (tertiary/aromatic N) is 6. The Hall–Kier alpha value is -3.41. The summed E-state index contributed by atoms with van der Waals surface area (Å²) in [4.78, 5) is 4.50. The van der Waals surface area contributed by atoms with Gasteiger partial charge < -0.3 is 14.8 Å². The van der Waals surface area contributed by atoms with Crippen molar-refractivity contribution in [1.82, 2.24) is 29.6 Å². The summed E-state index contributed by atoms with van der Waals surface area (Å²) in [7, 11) is 1.52. The van der Waals surface area contributed by atoms with Gasteiger partial charge in [-0.25, -0.2) is 9.20 Å². The van der Waals surface area contributed by atoms with Crippen molar-refractivity contribution >= 4 is 22.5 Å². The Kier molecular flexibility index (Phi) is 5.31. The number of hydrogen-bond donors (Lipinski definition) is 1. The summed E-state index contributed by atoms with van der Waals surface area (Å²) in [6.45, 7) is 1.46. The highest BCUT2D eigenvalue weighted by Gasteiger charge is 2.31. The Balaban J connectivity index is 1.47. The zero-order chi connectivity index (χ0) is 23.2. The van der Waals surface area contributed by atoms with Crippen molar-refractivity contribution in [3.05, 3.63) is 30.5 Å². The molecule has 4 aromatic rings. The van der Waals surface area contributed by atoms with Gasteiger partial charge in [-0.1, -0.05) is 11.3 Å². The molecule has 0 bridgehead atoms. The van der Waals surface area contributed by atoms with E-state index in [0.717, 1.165) is 23.1 Å². The highest BCUT2D eigenvalue weighted by molar-refractivity contribution is 5.89. The minimum atomic E-state index is -4.40. The predicted molar refractivity (Wildman–Crippen MR) is 114 cm³/mol. The van der Waals surface area contributed by atoms with Gasteiger partial charge >= 0.3 is 6.18 Å². The van der Waals surface area contributed by atoms with Crippen LogP contribution < -0.4 is 10.1 Å². The molecule has 33 heavy (non-hydrogen) atoms. The minimum absolute atomic E-state index is 0.225. The van der Waals surface area contributed by atoms with E-state index in [9.17, 15) is 13.2 Å². The molecule has 3 heterocycles.